The Morgan fingerprint density at radius 3 is 2.36 bits per heavy atom. The lowest BCUT2D eigenvalue weighted by molar-refractivity contribution is -0.128. The number of amides is 2. The monoisotopic (exact) mass is 502 g/mol. The molecule has 186 valence electrons. The van der Waals surface area contributed by atoms with E-state index >= 15 is 0 Å². The number of benzene rings is 3. The lowest BCUT2D eigenvalue weighted by Gasteiger charge is -2.24. The molecule has 36 heavy (non-hydrogen) atoms. The molecule has 0 bridgehead atoms. The van der Waals surface area contributed by atoms with Gasteiger partial charge in [0.05, 0.1) is 17.9 Å². The minimum Gasteiger partial charge on any atom is -0.462 e. The van der Waals surface area contributed by atoms with E-state index in [4.69, 9.17) is 4.74 Å². The average molecular weight is 503 g/mol. The predicted molar refractivity (Wildman–Crippen MR) is 143 cm³/mol. The highest BCUT2D eigenvalue weighted by atomic mass is 32.2. The van der Waals surface area contributed by atoms with Gasteiger partial charge >= 0.3 is 5.97 Å². The van der Waals surface area contributed by atoms with Gasteiger partial charge < -0.3 is 15.0 Å². The molecular formula is C29H30N2O4S. The fourth-order valence-electron chi connectivity index (χ4n) is 3.95. The molecule has 1 N–H and O–H groups in total. The topological polar surface area (TPSA) is 75.7 Å². The molecule has 1 atom stereocenters. The predicted octanol–water partition coefficient (Wildman–Crippen LogP) is 5.71. The van der Waals surface area contributed by atoms with E-state index in [9.17, 15) is 14.4 Å². The number of rotatable bonds is 10. The second kappa shape index (κ2) is 12.4. The van der Waals surface area contributed by atoms with Crippen molar-refractivity contribution in [3.63, 3.8) is 0 Å². The van der Waals surface area contributed by atoms with E-state index in [1.165, 1.54) is 5.56 Å². The van der Waals surface area contributed by atoms with Gasteiger partial charge in [0.1, 0.15) is 5.37 Å². The fraction of sp³-hybridized carbons (Fsp3) is 0.276. The Labute approximate surface area is 216 Å². The molecule has 1 heterocycles. The second-order valence-corrected chi connectivity index (χ2v) is 9.70. The molecule has 1 aliphatic rings. The number of thioether (sulfide) groups is 1. The summed E-state index contributed by atoms with van der Waals surface area (Å²) in [6.45, 7) is 3.10. The van der Waals surface area contributed by atoms with Crippen LogP contribution in [0.25, 0.3) is 0 Å². The molecule has 0 aliphatic carbocycles. The molecule has 2 amide bonds. The zero-order valence-corrected chi connectivity index (χ0v) is 21.1. The Bertz CT molecular complexity index is 1180. The minimum absolute atomic E-state index is 0.0528. The van der Waals surface area contributed by atoms with Crippen LogP contribution in [0, 0.1) is 0 Å². The first-order valence-electron chi connectivity index (χ1n) is 12.2. The molecule has 0 saturated carbocycles. The third-order valence-corrected chi connectivity index (χ3v) is 7.28. The SMILES string of the molecule is CCCCOC(=O)c1ccc(NC(=O)c2ccc([C@H]3SCC(=O)N3CCc3ccccc3)cc2)cc1. The van der Waals surface area contributed by atoms with Crippen molar-refractivity contribution in [3.05, 3.63) is 101 Å². The van der Waals surface area contributed by atoms with Crippen molar-refractivity contribution in [1.82, 2.24) is 4.90 Å². The average Bonchev–Trinajstić information content (AvgIpc) is 3.28. The zero-order chi connectivity index (χ0) is 25.3. The number of carbonyl (C=O) groups excluding carboxylic acids is 3. The Kier molecular flexibility index (Phi) is 8.79. The van der Waals surface area contributed by atoms with Crippen LogP contribution in [0.2, 0.25) is 0 Å². The molecular weight excluding hydrogens is 472 g/mol. The maximum atomic E-state index is 12.7. The summed E-state index contributed by atoms with van der Waals surface area (Å²) in [5, 5.41) is 2.81. The van der Waals surface area contributed by atoms with Gasteiger partial charge in [-0.25, -0.2) is 4.79 Å². The van der Waals surface area contributed by atoms with Crippen LogP contribution in [0.3, 0.4) is 0 Å². The highest BCUT2D eigenvalue weighted by Gasteiger charge is 2.32. The van der Waals surface area contributed by atoms with Crippen LogP contribution in [-0.2, 0) is 16.0 Å². The number of nitrogens with zero attached hydrogens (tertiary/aromatic N) is 1. The maximum absolute atomic E-state index is 12.7. The van der Waals surface area contributed by atoms with E-state index < -0.39 is 0 Å². The van der Waals surface area contributed by atoms with E-state index in [2.05, 4.69) is 17.4 Å². The minimum atomic E-state index is -0.363. The third kappa shape index (κ3) is 6.55. The number of carbonyl (C=O) groups is 3. The summed E-state index contributed by atoms with van der Waals surface area (Å²) >= 11 is 1.61. The van der Waals surface area contributed by atoms with Crippen LogP contribution < -0.4 is 5.32 Å². The first-order chi connectivity index (χ1) is 17.5. The van der Waals surface area contributed by atoms with Crippen LogP contribution in [0.1, 0.15) is 57.0 Å². The standard InChI is InChI=1S/C29H30N2O4S/c1-2-3-19-35-29(34)24-13-15-25(16-14-24)30-27(33)22-9-11-23(12-10-22)28-31(26(32)20-36-28)18-17-21-7-5-4-6-8-21/h4-16,28H,2-3,17-20H2,1H3,(H,30,33)/t28-/m1/s1. The molecule has 3 aromatic carbocycles. The molecule has 0 aromatic heterocycles. The van der Waals surface area contributed by atoms with Crippen molar-refractivity contribution >= 4 is 35.2 Å². The van der Waals surface area contributed by atoms with Gasteiger partial charge in [-0.1, -0.05) is 55.8 Å². The maximum Gasteiger partial charge on any atom is 0.338 e. The molecule has 0 unspecified atom stereocenters. The molecule has 1 saturated heterocycles. The van der Waals surface area contributed by atoms with Crippen molar-refractivity contribution in [2.75, 3.05) is 24.2 Å². The van der Waals surface area contributed by atoms with Gasteiger partial charge in [0.2, 0.25) is 5.91 Å². The summed E-state index contributed by atoms with van der Waals surface area (Å²) in [5.74, 6) is -0.00143. The highest BCUT2D eigenvalue weighted by Crippen LogP contribution is 2.38. The third-order valence-electron chi connectivity index (χ3n) is 6.02. The number of hydrogen-bond acceptors (Lipinski definition) is 5. The molecule has 7 heteroatoms. The van der Waals surface area contributed by atoms with Gasteiger partial charge in [-0.05, 0) is 60.4 Å². The second-order valence-electron chi connectivity index (χ2n) is 8.63. The highest BCUT2D eigenvalue weighted by molar-refractivity contribution is 8.00. The Hall–Kier alpha value is -3.58. The van der Waals surface area contributed by atoms with E-state index in [1.54, 1.807) is 48.2 Å². The Balaban J connectivity index is 1.34. The van der Waals surface area contributed by atoms with Gasteiger partial charge in [0.15, 0.2) is 0 Å². The normalized spacial score (nSPS) is 15.1. The number of hydrogen-bond donors (Lipinski definition) is 1. The van der Waals surface area contributed by atoms with Crippen molar-refractivity contribution < 1.29 is 19.1 Å². The summed E-state index contributed by atoms with van der Waals surface area (Å²) in [7, 11) is 0. The molecule has 1 aliphatic heterocycles. The molecule has 1 fully saturated rings. The van der Waals surface area contributed by atoms with E-state index in [0.29, 0.717) is 35.7 Å². The number of anilines is 1. The van der Waals surface area contributed by atoms with Crippen LogP contribution in [0.4, 0.5) is 5.69 Å². The van der Waals surface area contributed by atoms with Crippen molar-refractivity contribution in [3.8, 4) is 0 Å². The van der Waals surface area contributed by atoms with Crippen molar-refractivity contribution in [2.24, 2.45) is 0 Å². The van der Waals surface area contributed by atoms with Crippen molar-refractivity contribution in [1.29, 1.82) is 0 Å². The summed E-state index contributed by atoms with van der Waals surface area (Å²) in [5.41, 5.74) is 3.77. The first-order valence-corrected chi connectivity index (χ1v) is 13.2. The van der Waals surface area contributed by atoms with Crippen LogP contribution >= 0.6 is 11.8 Å². The smallest absolute Gasteiger partial charge is 0.338 e. The van der Waals surface area contributed by atoms with Crippen molar-refractivity contribution in [2.45, 2.75) is 31.6 Å². The zero-order valence-electron chi connectivity index (χ0n) is 20.3. The summed E-state index contributed by atoms with van der Waals surface area (Å²) in [6.07, 6.45) is 2.60. The van der Waals surface area contributed by atoms with Crippen LogP contribution in [-0.4, -0.2) is 41.6 Å². The number of esters is 1. The quantitative estimate of drug-likeness (QED) is 0.284. The summed E-state index contributed by atoms with van der Waals surface area (Å²) in [4.78, 5) is 39.2. The number of unbranched alkanes of at least 4 members (excludes halogenated alkanes) is 1. The summed E-state index contributed by atoms with van der Waals surface area (Å²) < 4.78 is 5.21. The molecule has 0 spiro atoms. The van der Waals surface area contributed by atoms with E-state index in [-0.39, 0.29) is 23.2 Å². The van der Waals surface area contributed by atoms with Gasteiger partial charge in [0, 0.05) is 17.8 Å². The molecule has 4 rings (SSSR count). The van der Waals surface area contributed by atoms with E-state index in [0.717, 1.165) is 24.8 Å². The molecule has 3 aromatic rings. The van der Waals surface area contributed by atoms with Gasteiger partial charge in [0.25, 0.3) is 5.91 Å². The fourth-order valence-corrected chi connectivity index (χ4v) is 5.17. The summed E-state index contributed by atoms with van der Waals surface area (Å²) in [6, 6.07) is 24.2. The van der Waals surface area contributed by atoms with Crippen LogP contribution in [0.15, 0.2) is 78.9 Å². The lowest BCUT2D eigenvalue weighted by atomic mass is 10.1. The number of ether oxygens (including phenoxy) is 1. The number of nitrogens with one attached hydrogen (secondary N) is 1. The largest absolute Gasteiger partial charge is 0.462 e. The Morgan fingerprint density at radius 1 is 0.972 bits per heavy atom. The molecule has 0 radical (unpaired) electrons. The van der Waals surface area contributed by atoms with Gasteiger partial charge in [-0.2, -0.15) is 0 Å². The van der Waals surface area contributed by atoms with Gasteiger partial charge in [-0.15, -0.1) is 11.8 Å². The Morgan fingerprint density at radius 2 is 1.67 bits per heavy atom. The molecule has 6 nitrogen and oxygen atoms in total. The van der Waals surface area contributed by atoms with E-state index in [1.807, 2.05) is 42.2 Å². The van der Waals surface area contributed by atoms with Gasteiger partial charge in [-0.3, -0.25) is 9.59 Å². The lowest BCUT2D eigenvalue weighted by Crippen LogP contribution is -2.30. The first kappa shape index (κ1) is 25.5. The van der Waals surface area contributed by atoms with Crippen LogP contribution in [0.5, 0.6) is 0 Å².